The number of halogens is 4. The molecule has 1 aliphatic rings. The summed E-state index contributed by atoms with van der Waals surface area (Å²) in [6, 6.07) is 2.28. The maximum absolute atomic E-state index is 13.2. The minimum Gasteiger partial charge on any atom is -0.353 e. The lowest BCUT2D eigenvalue weighted by Gasteiger charge is -2.21. The molecule has 20 heavy (non-hydrogen) atoms. The van der Waals surface area contributed by atoms with Gasteiger partial charge in [0.1, 0.15) is 0 Å². The van der Waals surface area contributed by atoms with E-state index in [1.54, 1.807) is 0 Å². The third-order valence-electron chi connectivity index (χ3n) is 2.89. The summed E-state index contributed by atoms with van der Waals surface area (Å²) < 4.78 is 77.0. The number of anilines is 2. The quantitative estimate of drug-likeness (QED) is 0.512. The first-order valence-corrected chi connectivity index (χ1v) is 6.79. The third-order valence-corrected chi connectivity index (χ3v) is 4.73. The summed E-state index contributed by atoms with van der Waals surface area (Å²) in [6.45, 7) is 0. The van der Waals surface area contributed by atoms with E-state index in [-0.39, 0.29) is 11.4 Å². The molecule has 0 aliphatic carbocycles. The molecule has 3 nitrogen and oxygen atoms in total. The van der Waals surface area contributed by atoms with Gasteiger partial charge in [0, 0.05) is 12.1 Å². The van der Waals surface area contributed by atoms with Gasteiger partial charge in [0.05, 0.1) is 21.2 Å². The standard InChI is InChI=1S/C12H5F4NO2S/c13-5-1-9-11(3-7(5)15)20(18,19)12-4-8(16)6(14)2-10(12)17-9/h1-4,17H. The molecule has 2 aromatic rings. The zero-order valence-corrected chi connectivity index (χ0v) is 10.4. The van der Waals surface area contributed by atoms with Crippen molar-refractivity contribution in [3.05, 3.63) is 47.5 Å². The van der Waals surface area contributed by atoms with Gasteiger partial charge in [-0.3, -0.25) is 0 Å². The highest BCUT2D eigenvalue weighted by atomic mass is 32.2. The van der Waals surface area contributed by atoms with Crippen LogP contribution in [0.2, 0.25) is 0 Å². The highest BCUT2D eigenvalue weighted by molar-refractivity contribution is 7.92. The van der Waals surface area contributed by atoms with Gasteiger partial charge < -0.3 is 5.32 Å². The maximum Gasteiger partial charge on any atom is 0.210 e. The van der Waals surface area contributed by atoms with Crippen molar-refractivity contribution in [1.82, 2.24) is 0 Å². The summed E-state index contributed by atoms with van der Waals surface area (Å²) in [5.74, 6) is -5.20. The predicted molar refractivity (Wildman–Crippen MR) is 61.5 cm³/mol. The number of rotatable bonds is 0. The average molecular weight is 303 g/mol. The molecule has 0 saturated carbocycles. The van der Waals surface area contributed by atoms with Crippen LogP contribution in [-0.4, -0.2) is 8.42 Å². The molecule has 104 valence electrons. The Balaban J connectivity index is 2.35. The van der Waals surface area contributed by atoms with Crippen molar-refractivity contribution < 1.29 is 26.0 Å². The Kier molecular flexibility index (Phi) is 2.55. The van der Waals surface area contributed by atoms with E-state index in [1.165, 1.54) is 0 Å². The molecule has 8 heteroatoms. The third kappa shape index (κ3) is 1.68. The highest BCUT2D eigenvalue weighted by Gasteiger charge is 2.32. The van der Waals surface area contributed by atoms with Crippen molar-refractivity contribution in [3.8, 4) is 0 Å². The van der Waals surface area contributed by atoms with Gasteiger partial charge >= 0.3 is 0 Å². The maximum atomic E-state index is 13.2. The Morgan fingerprint density at radius 2 is 1.05 bits per heavy atom. The van der Waals surface area contributed by atoms with E-state index in [0.717, 1.165) is 0 Å². The minimum absolute atomic E-state index is 0.234. The van der Waals surface area contributed by atoms with Crippen LogP contribution in [0.3, 0.4) is 0 Å². The molecule has 0 atom stereocenters. The van der Waals surface area contributed by atoms with E-state index in [4.69, 9.17) is 0 Å². The van der Waals surface area contributed by atoms with Crippen LogP contribution in [0.4, 0.5) is 28.9 Å². The van der Waals surface area contributed by atoms with E-state index in [2.05, 4.69) is 5.32 Å². The Labute approximate surface area is 110 Å². The molecule has 0 spiro atoms. The zero-order chi connectivity index (χ0) is 14.7. The fourth-order valence-electron chi connectivity index (χ4n) is 1.96. The second-order valence-corrected chi connectivity index (χ2v) is 6.04. The van der Waals surface area contributed by atoms with Gasteiger partial charge in [-0.05, 0) is 12.1 Å². The van der Waals surface area contributed by atoms with E-state index in [9.17, 15) is 26.0 Å². The van der Waals surface area contributed by atoms with Crippen LogP contribution in [0, 0.1) is 23.3 Å². The molecule has 0 fully saturated rings. The number of fused-ring (bicyclic) bond motifs is 2. The summed E-state index contributed by atoms with van der Waals surface area (Å²) in [7, 11) is -4.26. The molecule has 0 unspecified atom stereocenters. The van der Waals surface area contributed by atoms with E-state index in [1.807, 2.05) is 0 Å². The second kappa shape index (κ2) is 3.95. The second-order valence-electron chi connectivity index (χ2n) is 4.15. The van der Waals surface area contributed by atoms with Crippen LogP contribution < -0.4 is 5.32 Å². The molecule has 1 aliphatic heterocycles. The Morgan fingerprint density at radius 3 is 1.45 bits per heavy atom. The smallest absolute Gasteiger partial charge is 0.210 e. The van der Waals surface area contributed by atoms with Crippen molar-refractivity contribution >= 4 is 21.2 Å². The molecule has 1 N–H and O–H groups in total. The van der Waals surface area contributed by atoms with Gasteiger partial charge in [-0.25, -0.2) is 26.0 Å². The fraction of sp³-hybridized carbons (Fsp3) is 0. The van der Waals surface area contributed by atoms with Crippen molar-refractivity contribution in [1.29, 1.82) is 0 Å². The van der Waals surface area contributed by atoms with Crippen LogP contribution in [0.15, 0.2) is 34.1 Å². The van der Waals surface area contributed by atoms with Crippen molar-refractivity contribution in [3.63, 3.8) is 0 Å². The van der Waals surface area contributed by atoms with Crippen LogP contribution in [0.5, 0.6) is 0 Å². The lowest BCUT2D eigenvalue weighted by Crippen LogP contribution is -2.15. The van der Waals surface area contributed by atoms with Gasteiger partial charge in [0.15, 0.2) is 23.3 Å². The molecule has 1 heterocycles. The molecular formula is C12H5F4NO2S. The first-order valence-electron chi connectivity index (χ1n) is 5.31. The number of hydrogen-bond acceptors (Lipinski definition) is 3. The SMILES string of the molecule is O=S1(=O)c2cc(F)c(F)cc2Nc2cc(F)c(F)cc21. The van der Waals surface area contributed by atoms with Gasteiger partial charge in [0.2, 0.25) is 9.84 Å². The molecule has 3 rings (SSSR count). The predicted octanol–water partition coefficient (Wildman–Crippen LogP) is 3.13. The van der Waals surface area contributed by atoms with Gasteiger partial charge in [-0.1, -0.05) is 0 Å². The number of benzene rings is 2. The van der Waals surface area contributed by atoms with E-state index >= 15 is 0 Å². The van der Waals surface area contributed by atoms with Crippen LogP contribution in [0.1, 0.15) is 0 Å². The fourth-order valence-corrected chi connectivity index (χ4v) is 3.51. The van der Waals surface area contributed by atoms with Crippen molar-refractivity contribution in [2.75, 3.05) is 5.32 Å². The first kappa shape index (κ1) is 12.9. The summed E-state index contributed by atoms with van der Waals surface area (Å²) in [5.41, 5.74) is -0.468. The van der Waals surface area contributed by atoms with Gasteiger partial charge in [-0.15, -0.1) is 0 Å². The Bertz CT molecular complexity index is 786. The van der Waals surface area contributed by atoms with Crippen molar-refractivity contribution in [2.45, 2.75) is 9.79 Å². The average Bonchev–Trinajstić information content (AvgIpc) is 2.35. The van der Waals surface area contributed by atoms with Crippen LogP contribution in [-0.2, 0) is 9.84 Å². The normalized spacial score (nSPS) is 15.2. The number of sulfone groups is 1. The molecule has 0 radical (unpaired) electrons. The summed E-state index contributed by atoms with van der Waals surface area (Å²) in [6.07, 6.45) is 0. The molecule has 0 amide bonds. The zero-order valence-electron chi connectivity index (χ0n) is 9.55. The Morgan fingerprint density at radius 1 is 0.700 bits per heavy atom. The number of hydrogen-bond donors (Lipinski definition) is 1. The topological polar surface area (TPSA) is 46.2 Å². The summed E-state index contributed by atoms with van der Waals surface area (Å²) in [4.78, 5) is -1.06. The monoisotopic (exact) mass is 303 g/mol. The highest BCUT2D eigenvalue weighted by Crippen LogP contribution is 2.40. The summed E-state index contributed by atoms with van der Waals surface area (Å²) in [5, 5.41) is 2.44. The Hall–Kier alpha value is -2.09. The van der Waals surface area contributed by atoms with E-state index in [0.29, 0.717) is 24.3 Å². The number of nitrogens with one attached hydrogen (secondary N) is 1. The molecule has 0 saturated heterocycles. The van der Waals surface area contributed by atoms with Gasteiger partial charge in [-0.2, -0.15) is 0 Å². The summed E-state index contributed by atoms with van der Waals surface area (Å²) >= 11 is 0. The van der Waals surface area contributed by atoms with E-state index < -0.39 is 42.9 Å². The molecule has 0 aromatic heterocycles. The molecule has 2 aromatic carbocycles. The van der Waals surface area contributed by atoms with Crippen LogP contribution >= 0.6 is 0 Å². The minimum atomic E-state index is -4.26. The molecule has 0 bridgehead atoms. The lowest BCUT2D eigenvalue weighted by molar-refractivity contribution is 0.502. The van der Waals surface area contributed by atoms with Crippen LogP contribution in [0.25, 0.3) is 0 Å². The largest absolute Gasteiger partial charge is 0.353 e. The first-order chi connectivity index (χ1) is 9.30. The van der Waals surface area contributed by atoms with Gasteiger partial charge in [0.25, 0.3) is 0 Å². The van der Waals surface area contributed by atoms with Crippen molar-refractivity contribution in [2.24, 2.45) is 0 Å². The molecular weight excluding hydrogens is 298 g/mol. The lowest BCUT2D eigenvalue weighted by atomic mass is 10.2.